The van der Waals surface area contributed by atoms with Gasteiger partial charge in [-0.05, 0) is 66.9 Å². The van der Waals surface area contributed by atoms with Crippen LogP contribution in [0.5, 0.6) is 0 Å². The number of methoxy groups -OCH3 is 1. The quantitative estimate of drug-likeness (QED) is 0.281. The first kappa shape index (κ1) is 25.3. The van der Waals surface area contributed by atoms with Gasteiger partial charge in [0.1, 0.15) is 0 Å². The van der Waals surface area contributed by atoms with Crippen LogP contribution in [-0.2, 0) is 16.0 Å². The minimum absolute atomic E-state index is 0.0386. The summed E-state index contributed by atoms with van der Waals surface area (Å²) in [5.74, 6) is -0.933. The van der Waals surface area contributed by atoms with Gasteiger partial charge in [0.25, 0.3) is 0 Å². The third-order valence-corrected chi connectivity index (χ3v) is 7.88. The maximum Gasteiger partial charge on any atom is 0.303 e. The molecule has 1 fully saturated rings. The Bertz CT molecular complexity index is 710. The van der Waals surface area contributed by atoms with E-state index < -0.39 is 18.2 Å². The molecular weight excluding hydrogens is 468 g/mol. The number of hydrogen-bond acceptors (Lipinski definition) is 5. The number of aliphatic hydroxyl groups excluding tert-OH is 2. The monoisotopic (exact) mass is 500 g/mol. The van der Waals surface area contributed by atoms with Crippen molar-refractivity contribution in [1.82, 2.24) is 0 Å². The number of unbranched alkanes of at least 4 members (excludes halogenated alkanes) is 1. The van der Waals surface area contributed by atoms with Crippen LogP contribution < -0.4 is 0 Å². The standard InChI is InChI=1S/C23H33BrO5S/c1-15-20(24)13-17(30-15)11-9-16(29-2)10-12-19-18(21(25)14-22(19)26)7-5-3-4-6-8-23(27)28/h3,5,10,12-13,16,18-19,21-22,25-26H,4,6-9,11,14H2,1-2H3,(H,27,28)/t16?,18-,19-,21?,22?/m1/s1. The van der Waals surface area contributed by atoms with E-state index in [0.717, 1.165) is 17.3 Å². The van der Waals surface area contributed by atoms with Crippen molar-refractivity contribution in [2.75, 3.05) is 7.11 Å². The minimum atomic E-state index is -0.780. The van der Waals surface area contributed by atoms with Crippen LogP contribution in [-0.4, -0.2) is 46.7 Å². The lowest BCUT2D eigenvalue weighted by Gasteiger charge is -2.20. The van der Waals surface area contributed by atoms with Gasteiger partial charge in [-0.3, -0.25) is 4.79 Å². The van der Waals surface area contributed by atoms with E-state index in [1.54, 1.807) is 18.4 Å². The molecule has 0 aliphatic heterocycles. The fraction of sp³-hybridized carbons (Fsp3) is 0.609. The zero-order valence-electron chi connectivity index (χ0n) is 17.7. The van der Waals surface area contributed by atoms with Crippen LogP contribution in [0.1, 0.15) is 48.3 Å². The maximum absolute atomic E-state index is 10.6. The van der Waals surface area contributed by atoms with E-state index in [9.17, 15) is 15.0 Å². The summed E-state index contributed by atoms with van der Waals surface area (Å²) < 4.78 is 6.76. The number of hydrogen-bond donors (Lipinski definition) is 3. The van der Waals surface area contributed by atoms with Gasteiger partial charge in [0.2, 0.25) is 0 Å². The molecule has 0 bridgehead atoms. The van der Waals surface area contributed by atoms with Crippen molar-refractivity contribution < 1.29 is 24.9 Å². The summed E-state index contributed by atoms with van der Waals surface area (Å²) >= 11 is 5.34. The summed E-state index contributed by atoms with van der Waals surface area (Å²) in [6, 6.07) is 2.16. The number of carboxylic acids is 1. The number of ether oxygens (including phenoxy) is 1. The van der Waals surface area contributed by atoms with Gasteiger partial charge in [-0.15, -0.1) is 11.3 Å². The molecule has 5 atom stereocenters. The lowest BCUT2D eigenvalue weighted by molar-refractivity contribution is -0.137. The molecule has 0 aromatic carbocycles. The molecular formula is C23H33BrO5S. The molecule has 0 saturated heterocycles. The molecule has 1 aliphatic carbocycles. The van der Waals surface area contributed by atoms with Crippen molar-refractivity contribution in [3.8, 4) is 0 Å². The molecule has 3 unspecified atom stereocenters. The predicted molar refractivity (Wildman–Crippen MR) is 124 cm³/mol. The first-order valence-electron chi connectivity index (χ1n) is 10.5. The van der Waals surface area contributed by atoms with Crippen molar-refractivity contribution in [3.05, 3.63) is 44.6 Å². The van der Waals surface area contributed by atoms with Crippen LogP contribution in [0.4, 0.5) is 0 Å². The lowest BCUT2D eigenvalue weighted by atomic mass is 9.89. The van der Waals surface area contributed by atoms with E-state index in [2.05, 4.69) is 28.9 Å². The molecule has 1 aliphatic rings. The van der Waals surface area contributed by atoms with Gasteiger partial charge in [0.05, 0.1) is 18.3 Å². The van der Waals surface area contributed by atoms with Crippen LogP contribution in [0, 0.1) is 18.8 Å². The average molecular weight is 501 g/mol. The predicted octanol–water partition coefficient (Wildman–Crippen LogP) is 4.88. The summed E-state index contributed by atoms with van der Waals surface area (Å²) in [4.78, 5) is 13.1. The van der Waals surface area contributed by atoms with Crippen LogP contribution in [0.15, 0.2) is 34.8 Å². The zero-order chi connectivity index (χ0) is 22.1. The van der Waals surface area contributed by atoms with E-state index in [1.165, 1.54) is 9.75 Å². The Morgan fingerprint density at radius 2 is 2.13 bits per heavy atom. The second kappa shape index (κ2) is 12.8. The molecule has 30 heavy (non-hydrogen) atoms. The van der Waals surface area contributed by atoms with Gasteiger partial charge in [-0.25, -0.2) is 0 Å². The topological polar surface area (TPSA) is 87.0 Å². The largest absolute Gasteiger partial charge is 0.481 e. The van der Waals surface area contributed by atoms with Crippen molar-refractivity contribution in [2.24, 2.45) is 11.8 Å². The second-order valence-corrected chi connectivity index (χ2v) is 10.1. The molecule has 1 saturated carbocycles. The second-order valence-electron chi connectivity index (χ2n) is 7.92. The van der Waals surface area contributed by atoms with Gasteiger partial charge in [-0.1, -0.05) is 24.3 Å². The fourth-order valence-corrected chi connectivity index (χ4v) is 5.54. The third kappa shape index (κ3) is 7.93. The van der Waals surface area contributed by atoms with E-state index >= 15 is 0 Å². The normalized spacial score (nSPS) is 25.5. The number of aliphatic carboxylic acids is 1. The van der Waals surface area contributed by atoms with Crippen molar-refractivity contribution >= 4 is 33.2 Å². The molecule has 5 nitrogen and oxygen atoms in total. The summed E-state index contributed by atoms with van der Waals surface area (Å²) in [6.07, 6.45) is 11.2. The van der Waals surface area contributed by atoms with Crippen molar-refractivity contribution in [3.63, 3.8) is 0 Å². The molecule has 1 aromatic heterocycles. The van der Waals surface area contributed by atoms with E-state index in [-0.39, 0.29) is 24.4 Å². The number of allylic oxidation sites excluding steroid dienone is 2. The molecule has 1 aromatic rings. The summed E-state index contributed by atoms with van der Waals surface area (Å²) in [5, 5.41) is 29.5. The molecule has 2 rings (SSSR count). The first-order chi connectivity index (χ1) is 14.3. The van der Waals surface area contributed by atoms with Gasteiger partial charge < -0.3 is 20.1 Å². The number of carboxylic acid groups (broad SMARTS) is 1. The minimum Gasteiger partial charge on any atom is -0.481 e. The Morgan fingerprint density at radius 1 is 1.37 bits per heavy atom. The average Bonchev–Trinajstić information content (AvgIpc) is 3.15. The van der Waals surface area contributed by atoms with Gasteiger partial charge >= 0.3 is 5.97 Å². The van der Waals surface area contributed by atoms with E-state index in [0.29, 0.717) is 25.7 Å². The van der Waals surface area contributed by atoms with Crippen LogP contribution in [0.25, 0.3) is 0 Å². The molecule has 0 radical (unpaired) electrons. The molecule has 1 heterocycles. The SMILES string of the molecule is COC(C=C[C@H]1C(O)CC(O)[C@@H]1CC=CCCCC(=O)O)CCc1cc(Br)c(C)s1. The summed E-state index contributed by atoms with van der Waals surface area (Å²) in [6.45, 7) is 2.10. The van der Waals surface area contributed by atoms with Gasteiger partial charge in [0.15, 0.2) is 0 Å². The summed E-state index contributed by atoms with van der Waals surface area (Å²) in [5.41, 5.74) is 0. The van der Waals surface area contributed by atoms with Crippen LogP contribution in [0.2, 0.25) is 0 Å². The highest BCUT2D eigenvalue weighted by Crippen LogP contribution is 2.36. The molecule has 7 heteroatoms. The third-order valence-electron chi connectivity index (χ3n) is 5.69. The highest BCUT2D eigenvalue weighted by atomic mass is 79.9. The highest BCUT2D eigenvalue weighted by Gasteiger charge is 2.39. The maximum atomic E-state index is 10.6. The Morgan fingerprint density at radius 3 is 2.77 bits per heavy atom. The smallest absolute Gasteiger partial charge is 0.303 e. The number of rotatable bonds is 12. The summed E-state index contributed by atoms with van der Waals surface area (Å²) in [7, 11) is 1.70. The molecule has 168 valence electrons. The molecule has 3 N–H and O–H groups in total. The lowest BCUT2D eigenvalue weighted by Crippen LogP contribution is -2.20. The molecule has 0 spiro atoms. The number of halogens is 1. The first-order valence-corrected chi connectivity index (χ1v) is 12.1. The number of aryl methyl sites for hydroxylation is 2. The van der Waals surface area contributed by atoms with Crippen LogP contribution in [0.3, 0.4) is 0 Å². The number of carbonyl (C=O) groups is 1. The van der Waals surface area contributed by atoms with Gasteiger partial charge in [-0.2, -0.15) is 0 Å². The van der Waals surface area contributed by atoms with Crippen molar-refractivity contribution in [1.29, 1.82) is 0 Å². The highest BCUT2D eigenvalue weighted by molar-refractivity contribution is 9.10. The Labute approximate surface area is 191 Å². The number of thiophene rings is 1. The fourth-order valence-electron chi connectivity index (χ4n) is 3.92. The van der Waals surface area contributed by atoms with E-state index in [1.807, 2.05) is 24.3 Å². The van der Waals surface area contributed by atoms with Crippen LogP contribution >= 0.6 is 27.3 Å². The van der Waals surface area contributed by atoms with Crippen molar-refractivity contribution in [2.45, 2.75) is 70.2 Å². The molecule has 0 amide bonds. The van der Waals surface area contributed by atoms with Gasteiger partial charge in [0, 0.05) is 40.1 Å². The Balaban J connectivity index is 1.88. The Kier molecular flexibility index (Phi) is 10.8. The number of aliphatic hydroxyl groups is 2. The Hall–Kier alpha value is -0.990. The zero-order valence-corrected chi connectivity index (χ0v) is 20.1. The van der Waals surface area contributed by atoms with E-state index in [4.69, 9.17) is 9.84 Å².